The van der Waals surface area contributed by atoms with Crippen LogP contribution in [0.2, 0.25) is 0 Å². The quantitative estimate of drug-likeness (QED) is 0.658. The molecule has 16 heavy (non-hydrogen) atoms. The van der Waals surface area contributed by atoms with Gasteiger partial charge in [0.1, 0.15) is 0 Å². The van der Waals surface area contributed by atoms with Crippen molar-refractivity contribution in [3.63, 3.8) is 0 Å². The van der Waals surface area contributed by atoms with Crippen molar-refractivity contribution in [2.45, 2.75) is 32.1 Å². The van der Waals surface area contributed by atoms with E-state index < -0.39 is 0 Å². The van der Waals surface area contributed by atoms with Gasteiger partial charge in [-0.3, -0.25) is 4.90 Å². The Kier molecular flexibility index (Phi) is 6.28. The van der Waals surface area contributed by atoms with E-state index in [4.69, 9.17) is 9.47 Å². The van der Waals surface area contributed by atoms with E-state index in [1.165, 1.54) is 19.4 Å². The van der Waals surface area contributed by atoms with Crippen molar-refractivity contribution < 1.29 is 9.47 Å². The zero-order valence-electron chi connectivity index (χ0n) is 11.1. The molecule has 4 heteroatoms. The Morgan fingerprint density at radius 1 is 1.25 bits per heavy atom. The first-order chi connectivity index (χ1) is 7.71. The Morgan fingerprint density at radius 2 is 1.94 bits per heavy atom. The molecular formula is C12H26N2O2. The van der Waals surface area contributed by atoms with Crippen molar-refractivity contribution in [1.82, 2.24) is 9.80 Å². The molecule has 0 saturated carbocycles. The van der Waals surface area contributed by atoms with Crippen molar-refractivity contribution in [3.05, 3.63) is 0 Å². The molecular weight excluding hydrogens is 204 g/mol. The third-order valence-corrected chi connectivity index (χ3v) is 3.40. The van der Waals surface area contributed by atoms with Crippen LogP contribution in [0.3, 0.4) is 0 Å². The standard InChI is InChI=1S/C12H26N2O2/c1-5-11-9-13(2)7-6-8-14(11)10-12(15-3)16-4/h11-12H,5-10H2,1-4H3. The molecule has 0 radical (unpaired) electrons. The highest BCUT2D eigenvalue weighted by Crippen LogP contribution is 2.13. The highest BCUT2D eigenvalue weighted by Gasteiger charge is 2.24. The van der Waals surface area contributed by atoms with Gasteiger partial charge >= 0.3 is 0 Å². The van der Waals surface area contributed by atoms with Crippen molar-refractivity contribution in [2.75, 3.05) is 47.4 Å². The summed E-state index contributed by atoms with van der Waals surface area (Å²) < 4.78 is 10.6. The number of nitrogens with zero attached hydrogens (tertiary/aromatic N) is 2. The minimum Gasteiger partial charge on any atom is -0.355 e. The van der Waals surface area contributed by atoms with E-state index in [2.05, 4.69) is 23.8 Å². The summed E-state index contributed by atoms with van der Waals surface area (Å²) in [7, 11) is 5.62. The molecule has 1 atom stereocenters. The number of hydrogen-bond acceptors (Lipinski definition) is 4. The fraction of sp³-hybridized carbons (Fsp3) is 1.00. The van der Waals surface area contributed by atoms with Crippen LogP contribution in [-0.2, 0) is 9.47 Å². The number of hydrogen-bond donors (Lipinski definition) is 0. The normalized spacial score (nSPS) is 24.9. The molecule has 4 nitrogen and oxygen atoms in total. The van der Waals surface area contributed by atoms with Crippen molar-refractivity contribution in [2.24, 2.45) is 0 Å². The third-order valence-electron chi connectivity index (χ3n) is 3.40. The smallest absolute Gasteiger partial charge is 0.169 e. The molecule has 0 amide bonds. The van der Waals surface area contributed by atoms with Gasteiger partial charge in [0.2, 0.25) is 0 Å². The molecule has 0 spiro atoms. The lowest BCUT2D eigenvalue weighted by atomic mass is 10.2. The summed E-state index contributed by atoms with van der Waals surface area (Å²) in [5, 5.41) is 0. The largest absolute Gasteiger partial charge is 0.355 e. The number of rotatable bonds is 5. The van der Waals surface area contributed by atoms with E-state index in [-0.39, 0.29) is 6.29 Å². The first kappa shape index (κ1) is 13.9. The molecule has 96 valence electrons. The van der Waals surface area contributed by atoms with Crippen LogP contribution in [-0.4, -0.2) is 69.6 Å². The average molecular weight is 230 g/mol. The van der Waals surface area contributed by atoms with Crippen LogP contribution in [0, 0.1) is 0 Å². The van der Waals surface area contributed by atoms with Crippen molar-refractivity contribution in [1.29, 1.82) is 0 Å². The van der Waals surface area contributed by atoms with Crippen LogP contribution >= 0.6 is 0 Å². The molecule has 0 aliphatic carbocycles. The minimum absolute atomic E-state index is 0.0996. The molecule has 1 aliphatic rings. The van der Waals surface area contributed by atoms with Crippen molar-refractivity contribution >= 4 is 0 Å². The van der Waals surface area contributed by atoms with Gasteiger partial charge in [-0.2, -0.15) is 0 Å². The van der Waals surface area contributed by atoms with E-state index in [0.717, 1.165) is 19.6 Å². The van der Waals surface area contributed by atoms with Gasteiger partial charge in [-0.25, -0.2) is 0 Å². The third kappa shape index (κ3) is 4.01. The van der Waals surface area contributed by atoms with E-state index in [1.807, 2.05) is 0 Å². The predicted octanol–water partition coefficient (Wildman–Crippen LogP) is 1.02. The molecule has 0 aromatic carbocycles. The molecule has 0 aromatic heterocycles. The van der Waals surface area contributed by atoms with Gasteiger partial charge in [-0.05, 0) is 33.0 Å². The maximum absolute atomic E-state index is 5.29. The van der Waals surface area contributed by atoms with Crippen LogP contribution in [0.1, 0.15) is 19.8 Å². The number of ether oxygens (including phenoxy) is 2. The second-order valence-corrected chi connectivity index (χ2v) is 4.57. The lowest BCUT2D eigenvalue weighted by molar-refractivity contribution is -0.120. The fourth-order valence-electron chi connectivity index (χ4n) is 2.36. The average Bonchev–Trinajstić information content (AvgIpc) is 2.47. The Hall–Kier alpha value is -0.160. The lowest BCUT2D eigenvalue weighted by Crippen LogP contribution is -2.44. The summed E-state index contributed by atoms with van der Waals surface area (Å²) in [5.41, 5.74) is 0. The molecule has 1 unspecified atom stereocenters. The second kappa shape index (κ2) is 7.22. The number of methoxy groups -OCH3 is 2. The molecule has 1 heterocycles. The molecule has 1 aliphatic heterocycles. The van der Waals surface area contributed by atoms with Crippen LogP contribution in [0.25, 0.3) is 0 Å². The van der Waals surface area contributed by atoms with E-state index in [0.29, 0.717) is 6.04 Å². The highest BCUT2D eigenvalue weighted by atomic mass is 16.7. The summed E-state index contributed by atoms with van der Waals surface area (Å²) in [5.74, 6) is 0. The maximum Gasteiger partial charge on any atom is 0.169 e. The van der Waals surface area contributed by atoms with E-state index in [9.17, 15) is 0 Å². The maximum atomic E-state index is 5.29. The van der Waals surface area contributed by atoms with Gasteiger partial charge in [0, 0.05) is 33.4 Å². The zero-order chi connectivity index (χ0) is 12.0. The van der Waals surface area contributed by atoms with Crippen LogP contribution in [0.4, 0.5) is 0 Å². The first-order valence-electron chi connectivity index (χ1n) is 6.19. The molecule has 0 aromatic rings. The SMILES string of the molecule is CCC1CN(C)CCCN1CC(OC)OC. The Labute approximate surface area is 99.5 Å². The van der Waals surface area contributed by atoms with Crippen LogP contribution < -0.4 is 0 Å². The highest BCUT2D eigenvalue weighted by molar-refractivity contribution is 4.78. The molecule has 1 saturated heterocycles. The topological polar surface area (TPSA) is 24.9 Å². The van der Waals surface area contributed by atoms with Crippen LogP contribution in [0.15, 0.2) is 0 Å². The summed E-state index contributed by atoms with van der Waals surface area (Å²) in [6, 6.07) is 0.625. The van der Waals surface area contributed by atoms with Gasteiger partial charge in [0.25, 0.3) is 0 Å². The second-order valence-electron chi connectivity index (χ2n) is 4.57. The van der Waals surface area contributed by atoms with Crippen molar-refractivity contribution in [3.8, 4) is 0 Å². The molecule has 1 rings (SSSR count). The van der Waals surface area contributed by atoms with Gasteiger partial charge in [0.05, 0.1) is 0 Å². The summed E-state index contributed by atoms with van der Waals surface area (Å²) in [6.07, 6.45) is 2.31. The Bertz CT molecular complexity index is 186. The van der Waals surface area contributed by atoms with Gasteiger partial charge < -0.3 is 14.4 Å². The monoisotopic (exact) mass is 230 g/mol. The van der Waals surface area contributed by atoms with Gasteiger partial charge in [0.15, 0.2) is 6.29 Å². The van der Waals surface area contributed by atoms with Crippen LogP contribution in [0.5, 0.6) is 0 Å². The lowest BCUT2D eigenvalue weighted by Gasteiger charge is -2.32. The molecule has 0 N–H and O–H groups in total. The summed E-state index contributed by atoms with van der Waals surface area (Å²) >= 11 is 0. The van der Waals surface area contributed by atoms with Gasteiger partial charge in [-0.15, -0.1) is 0 Å². The van der Waals surface area contributed by atoms with Gasteiger partial charge in [-0.1, -0.05) is 6.92 Å². The fourth-order valence-corrected chi connectivity index (χ4v) is 2.36. The molecule has 1 fully saturated rings. The first-order valence-corrected chi connectivity index (χ1v) is 6.19. The number of likely N-dealkylation sites (N-methyl/N-ethyl adjacent to an activating group) is 1. The zero-order valence-corrected chi connectivity index (χ0v) is 11.1. The summed E-state index contributed by atoms with van der Waals surface area (Å²) in [4.78, 5) is 4.92. The molecule has 0 bridgehead atoms. The Morgan fingerprint density at radius 3 is 2.50 bits per heavy atom. The minimum atomic E-state index is -0.0996. The van der Waals surface area contributed by atoms with E-state index >= 15 is 0 Å². The predicted molar refractivity (Wildman–Crippen MR) is 65.6 cm³/mol. The summed E-state index contributed by atoms with van der Waals surface area (Å²) in [6.45, 7) is 6.62. The van der Waals surface area contributed by atoms with E-state index in [1.54, 1.807) is 14.2 Å². The Balaban J connectivity index is 2.53.